The fraction of sp³-hybridized carbons (Fsp3) is 0.417. The van der Waals surface area contributed by atoms with Crippen LogP contribution in [0.1, 0.15) is 16.5 Å². The summed E-state index contributed by atoms with van der Waals surface area (Å²) in [5.74, 6) is 2.30. The maximum atomic E-state index is 5.29. The Labute approximate surface area is 119 Å². The van der Waals surface area contributed by atoms with Crippen molar-refractivity contribution in [2.75, 3.05) is 12.0 Å². The minimum Gasteiger partial charge on any atom is -0.339 e. The minimum atomic E-state index is 0.624. The highest BCUT2D eigenvalue weighted by Gasteiger charge is 2.18. The number of rotatable bonds is 4. The van der Waals surface area contributed by atoms with E-state index in [0.717, 1.165) is 28.5 Å². The molecule has 0 unspecified atom stereocenters. The number of fused-ring (bicyclic) bond motifs is 1. The van der Waals surface area contributed by atoms with E-state index in [2.05, 4.69) is 34.5 Å². The second kappa shape index (κ2) is 4.97. The zero-order valence-corrected chi connectivity index (χ0v) is 12.6. The van der Waals surface area contributed by atoms with E-state index in [4.69, 9.17) is 4.52 Å². The molecular formula is C12H14N4OS2. The van der Waals surface area contributed by atoms with E-state index in [0.29, 0.717) is 11.7 Å². The molecule has 19 heavy (non-hydrogen) atoms. The van der Waals surface area contributed by atoms with E-state index in [9.17, 15) is 0 Å². The van der Waals surface area contributed by atoms with E-state index in [1.165, 1.54) is 4.88 Å². The highest BCUT2D eigenvalue weighted by Crippen LogP contribution is 2.27. The van der Waals surface area contributed by atoms with Crippen molar-refractivity contribution in [3.63, 3.8) is 0 Å². The highest BCUT2D eigenvalue weighted by molar-refractivity contribution is 7.98. The lowest BCUT2D eigenvalue weighted by Gasteiger charge is -1.93. The molecule has 3 heterocycles. The van der Waals surface area contributed by atoms with Crippen molar-refractivity contribution in [2.24, 2.45) is 0 Å². The summed E-state index contributed by atoms with van der Waals surface area (Å²) >= 11 is 3.43. The van der Waals surface area contributed by atoms with Gasteiger partial charge in [0.05, 0.1) is 5.69 Å². The van der Waals surface area contributed by atoms with E-state index in [-0.39, 0.29) is 0 Å². The summed E-state index contributed by atoms with van der Waals surface area (Å²) in [7, 11) is 0. The van der Waals surface area contributed by atoms with Crippen LogP contribution in [0.25, 0.3) is 16.5 Å². The van der Waals surface area contributed by atoms with Gasteiger partial charge in [-0.25, -0.2) is 4.98 Å². The van der Waals surface area contributed by atoms with Crippen LogP contribution in [0, 0.1) is 13.8 Å². The number of hydrogen-bond donors (Lipinski definition) is 0. The molecule has 0 radical (unpaired) electrons. The zero-order valence-electron chi connectivity index (χ0n) is 11.0. The zero-order chi connectivity index (χ0) is 13.4. The van der Waals surface area contributed by atoms with Crippen LogP contribution in [-0.2, 0) is 6.42 Å². The van der Waals surface area contributed by atoms with Crippen LogP contribution in [0.15, 0.2) is 10.7 Å². The van der Waals surface area contributed by atoms with Crippen LogP contribution in [0.4, 0.5) is 0 Å². The predicted octanol–water partition coefficient (Wildman–Crippen LogP) is 2.97. The molecule has 5 nitrogen and oxygen atoms in total. The van der Waals surface area contributed by atoms with Gasteiger partial charge in [0.15, 0.2) is 4.96 Å². The summed E-state index contributed by atoms with van der Waals surface area (Å²) in [4.78, 5) is 11.2. The molecule has 0 amide bonds. The second-order valence-electron chi connectivity index (χ2n) is 4.29. The molecular weight excluding hydrogens is 280 g/mol. The first-order valence-corrected chi connectivity index (χ1v) is 8.17. The van der Waals surface area contributed by atoms with Gasteiger partial charge in [-0.1, -0.05) is 5.16 Å². The molecule has 3 rings (SSSR count). The van der Waals surface area contributed by atoms with Gasteiger partial charge in [-0.15, -0.1) is 11.3 Å². The molecule has 0 bridgehead atoms. The standard InChI is InChI=1S/C12H14N4OS2/c1-7-6-16-10(8(2)13-12(16)19-7)11-14-9(17-15-11)4-5-18-3/h6H,4-5H2,1-3H3. The molecule has 0 aromatic carbocycles. The summed E-state index contributed by atoms with van der Waals surface area (Å²) in [6, 6.07) is 0. The van der Waals surface area contributed by atoms with Crippen molar-refractivity contribution in [3.8, 4) is 11.5 Å². The number of nitrogens with zero attached hydrogens (tertiary/aromatic N) is 4. The highest BCUT2D eigenvalue weighted by atomic mass is 32.2. The van der Waals surface area contributed by atoms with Gasteiger partial charge in [0.1, 0.15) is 5.69 Å². The molecule has 3 aromatic heterocycles. The van der Waals surface area contributed by atoms with E-state index >= 15 is 0 Å². The van der Waals surface area contributed by atoms with E-state index in [1.807, 2.05) is 11.3 Å². The lowest BCUT2D eigenvalue weighted by molar-refractivity contribution is 0.383. The third-order valence-electron chi connectivity index (χ3n) is 2.82. The average molecular weight is 294 g/mol. The van der Waals surface area contributed by atoms with Crippen LogP contribution in [0.2, 0.25) is 0 Å². The lowest BCUT2D eigenvalue weighted by Crippen LogP contribution is -1.91. The fourth-order valence-electron chi connectivity index (χ4n) is 1.98. The van der Waals surface area contributed by atoms with Crippen LogP contribution in [0.5, 0.6) is 0 Å². The monoisotopic (exact) mass is 294 g/mol. The van der Waals surface area contributed by atoms with Gasteiger partial charge >= 0.3 is 0 Å². The van der Waals surface area contributed by atoms with Gasteiger partial charge in [-0.3, -0.25) is 4.40 Å². The molecule has 0 atom stereocenters. The van der Waals surface area contributed by atoms with Crippen molar-refractivity contribution >= 4 is 28.1 Å². The smallest absolute Gasteiger partial charge is 0.227 e. The molecule has 100 valence electrons. The Morgan fingerprint density at radius 2 is 2.21 bits per heavy atom. The summed E-state index contributed by atoms with van der Waals surface area (Å²) in [6.07, 6.45) is 4.93. The van der Waals surface area contributed by atoms with Crippen molar-refractivity contribution in [2.45, 2.75) is 20.3 Å². The molecule has 0 spiro atoms. The first-order valence-electron chi connectivity index (χ1n) is 5.96. The Morgan fingerprint density at radius 1 is 1.37 bits per heavy atom. The largest absolute Gasteiger partial charge is 0.339 e. The van der Waals surface area contributed by atoms with E-state index in [1.54, 1.807) is 23.1 Å². The molecule has 7 heteroatoms. The number of thiazole rings is 1. The first-order chi connectivity index (χ1) is 9.19. The van der Waals surface area contributed by atoms with E-state index < -0.39 is 0 Å². The molecule has 0 aliphatic heterocycles. The second-order valence-corrected chi connectivity index (χ2v) is 6.49. The Hall–Kier alpha value is -1.34. The van der Waals surface area contributed by atoms with Crippen LogP contribution in [0.3, 0.4) is 0 Å². The maximum Gasteiger partial charge on any atom is 0.227 e. The Balaban J connectivity index is 2.03. The molecule has 0 aliphatic rings. The van der Waals surface area contributed by atoms with Gasteiger partial charge in [0, 0.05) is 23.2 Å². The van der Waals surface area contributed by atoms with Crippen LogP contribution >= 0.6 is 23.1 Å². The van der Waals surface area contributed by atoms with Crippen molar-refractivity contribution in [3.05, 3.63) is 22.7 Å². The molecule has 0 saturated carbocycles. The number of thioether (sulfide) groups is 1. The lowest BCUT2D eigenvalue weighted by atomic mass is 10.3. The SMILES string of the molecule is CSCCc1nc(-c2c(C)nc3sc(C)cn23)no1. The third kappa shape index (κ3) is 2.28. The van der Waals surface area contributed by atoms with Crippen molar-refractivity contribution < 1.29 is 4.52 Å². The number of aryl methyl sites for hydroxylation is 3. The Bertz CT molecular complexity index is 713. The number of aromatic nitrogens is 4. The van der Waals surface area contributed by atoms with Gasteiger partial charge in [-0.2, -0.15) is 16.7 Å². The average Bonchev–Trinajstić information content (AvgIpc) is 3.01. The Kier molecular flexibility index (Phi) is 3.32. The summed E-state index contributed by atoms with van der Waals surface area (Å²) in [5, 5.41) is 4.08. The minimum absolute atomic E-state index is 0.624. The maximum absolute atomic E-state index is 5.29. The first kappa shape index (κ1) is 12.7. The van der Waals surface area contributed by atoms with Crippen LogP contribution < -0.4 is 0 Å². The normalized spacial score (nSPS) is 11.5. The third-order valence-corrected chi connectivity index (χ3v) is 4.33. The van der Waals surface area contributed by atoms with Gasteiger partial charge in [0.25, 0.3) is 0 Å². The molecule has 0 aliphatic carbocycles. The van der Waals surface area contributed by atoms with Crippen LogP contribution in [-0.4, -0.2) is 31.5 Å². The quantitative estimate of drug-likeness (QED) is 0.740. The predicted molar refractivity (Wildman–Crippen MR) is 77.9 cm³/mol. The fourth-order valence-corrected chi connectivity index (χ4v) is 3.23. The van der Waals surface area contributed by atoms with Crippen molar-refractivity contribution in [1.82, 2.24) is 19.5 Å². The topological polar surface area (TPSA) is 56.2 Å². The number of hydrogen-bond acceptors (Lipinski definition) is 6. The van der Waals surface area contributed by atoms with Gasteiger partial charge < -0.3 is 4.52 Å². The molecule has 0 saturated heterocycles. The molecule has 3 aromatic rings. The summed E-state index contributed by atoms with van der Waals surface area (Å²) < 4.78 is 7.33. The Morgan fingerprint density at radius 3 is 3.00 bits per heavy atom. The van der Waals surface area contributed by atoms with Gasteiger partial charge in [-0.05, 0) is 20.1 Å². The molecule has 0 fully saturated rings. The summed E-state index contributed by atoms with van der Waals surface area (Å²) in [6.45, 7) is 4.04. The molecule has 0 N–H and O–H groups in total. The summed E-state index contributed by atoms with van der Waals surface area (Å²) in [5.41, 5.74) is 1.86. The van der Waals surface area contributed by atoms with Crippen molar-refractivity contribution in [1.29, 1.82) is 0 Å². The van der Waals surface area contributed by atoms with Gasteiger partial charge in [0.2, 0.25) is 11.7 Å². The number of imidazole rings is 1.